The van der Waals surface area contributed by atoms with Crippen LogP contribution < -0.4 is 4.74 Å². The van der Waals surface area contributed by atoms with E-state index in [-0.39, 0.29) is 0 Å². The normalized spacial score (nSPS) is 10.8. The van der Waals surface area contributed by atoms with Crippen LogP contribution in [-0.4, -0.2) is 27.3 Å². The van der Waals surface area contributed by atoms with Crippen molar-refractivity contribution in [1.29, 1.82) is 0 Å². The van der Waals surface area contributed by atoms with Crippen molar-refractivity contribution in [3.8, 4) is 27.8 Å². The Kier molecular flexibility index (Phi) is 4.94. The van der Waals surface area contributed by atoms with Gasteiger partial charge in [-0.15, -0.1) is 21.5 Å². The van der Waals surface area contributed by atoms with Crippen molar-refractivity contribution in [3.05, 3.63) is 59.9 Å². The van der Waals surface area contributed by atoms with E-state index in [1.165, 1.54) is 11.8 Å². The fourth-order valence-electron chi connectivity index (χ4n) is 2.25. The van der Waals surface area contributed by atoms with E-state index in [4.69, 9.17) is 9.15 Å². The summed E-state index contributed by atoms with van der Waals surface area (Å²) in [7, 11) is 1.66. The molecule has 4 aromatic rings. The molecule has 0 aliphatic carbocycles. The highest BCUT2D eigenvalue weighted by atomic mass is 32.2. The van der Waals surface area contributed by atoms with Gasteiger partial charge in [0.2, 0.25) is 5.89 Å². The fourth-order valence-corrected chi connectivity index (χ4v) is 3.84. The zero-order valence-electron chi connectivity index (χ0n) is 13.8. The third kappa shape index (κ3) is 3.76. The first-order valence-corrected chi connectivity index (χ1v) is 9.64. The van der Waals surface area contributed by atoms with Crippen LogP contribution in [0.4, 0.5) is 0 Å². The molecule has 6 nitrogen and oxygen atoms in total. The largest absolute Gasteiger partial charge is 0.497 e. The van der Waals surface area contributed by atoms with Gasteiger partial charge in [0, 0.05) is 34.7 Å². The Bertz CT molecular complexity index is 984. The lowest BCUT2D eigenvalue weighted by Gasteiger charge is -2.00. The maximum atomic E-state index is 5.68. The van der Waals surface area contributed by atoms with Gasteiger partial charge < -0.3 is 9.15 Å². The van der Waals surface area contributed by atoms with Gasteiger partial charge in [0.25, 0.3) is 5.22 Å². The maximum absolute atomic E-state index is 5.68. The Hall–Kier alpha value is -2.71. The van der Waals surface area contributed by atoms with Gasteiger partial charge >= 0.3 is 0 Å². The summed E-state index contributed by atoms with van der Waals surface area (Å²) in [6.07, 6.45) is 3.39. The Balaban J connectivity index is 1.41. The smallest absolute Gasteiger partial charge is 0.277 e. The molecule has 1 aromatic carbocycles. The molecule has 8 heteroatoms. The van der Waals surface area contributed by atoms with E-state index < -0.39 is 0 Å². The SMILES string of the molecule is COc1ccc(-c2nc(CSc3nnc(-c4ccncc4)o3)cs2)cc1. The summed E-state index contributed by atoms with van der Waals surface area (Å²) in [4.78, 5) is 8.66. The fraction of sp³-hybridized carbons (Fsp3) is 0.111. The second kappa shape index (κ2) is 7.67. The van der Waals surface area contributed by atoms with Crippen molar-refractivity contribution >= 4 is 23.1 Å². The van der Waals surface area contributed by atoms with Crippen molar-refractivity contribution in [2.75, 3.05) is 7.11 Å². The Morgan fingerprint density at radius 3 is 2.62 bits per heavy atom. The Morgan fingerprint density at radius 2 is 1.85 bits per heavy atom. The van der Waals surface area contributed by atoms with E-state index in [0.29, 0.717) is 16.9 Å². The number of aromatic nitrogens is 4. The van der Waals surface area contributed by atoms with Gasteiger partial charge in [0.05, 0.1) is 12.8 Å². The lowest BCUT2D eigenvalue weighted by molar-refractivity contribution is 0.415. The summed E-state index contributed by atoms with van der Waals surface area (Å²) in [5.41, 5.74) is 2.91. The zero-order valence-corrected chi connectivity index (χ0v) is 15.5. The highest BCUT2D eigenvalue weighted by Crippen LogP contribution is 2.29. The number of pyridine rings is 1. The van der Waals surface area contributed by atoms with Crippen LogP contribution in [-0.2, 0) is 5.75 Å². The lowest BCUT2D eigenvalue weighted by atomic mass is 10.2. The average molecular weight is 382 g/mol. The zero-order chi connectivity index (χ0) is 17.8. The van der Waals surface area contributed by atoms with Gasteiger partial charge in [-0.05, 0) is 36.4 Å². The van der Waals surface area contributed by atoms with E-state index in [1.807, 2.05) is 41.8 Å². The number of methoxy groups -OCH3 is 1. The van der Waals surface area contributed by atoms with Crippen molar-refractivity contribution in [2.24, 2.45) is 0 Å². The molecule has 0 amide bonds. The molecule has 0 unspecified atom stereocenters. The summed E-state index contributed by atoms with van der Waals surface area (Å²) >= 11 is 3.09. The summed E-state index contributed by atoms with van der Waals surface area (Å²) < 4.78 is 10.9. The van der Waals surface area contributed by atoms with E-state index in [1.54, 1.807) is 30.8 Å². The van der Waals surface area contributed by atoms with Crippen LogP contribution in [0, 0.1) is 0 Å². The van der Waals surface area contributed by atoms with Crippen LogP contribution in [0.5, 0.6) is 5.75 Å². The lowest BCUT2D eigenvalue weighted by Crippen LogP contribution is -1.84. The number of hydrogen-bond donors (Lipinski definition) is 0. The first kappa shape index (κ1) is 16.7. The predicted octanol–water partition coefficient (Wildman–Crippen LogP) is 4.56. The Labute approximate surface area is 158 Å². The molecule has 0 atom stereocenters. The Morgan fingerprint density at radius 1 is 1.04 bits per heavy atom. The maximum Gasteiger partial charge on any atom is 0.277 e. The highest BCUT2D eigenvalue weighted by Gasteiger charge is 2.11. The molecule has 0 radical (unpaired) electrons. The van der Waals surface area contributed by atoms with Gasteiger partial charge in [-0.25, -0.2) is 4.98 Å². The molecule has 0 bridgehead atoms. The molecule has 0 fully saturated rings. The molecule has 0 saturated carbocycles. The summed E-state index contributed by atoms with van der Waals surface area (Å²) in [5.74, 6) is 2.00. The van der Waals surface area contributed by atoms with Crippen LogP contribution in [0.15, 0.2) is 63.8 Å². The van der Waals surface area contributed by atoms with Crippen LogP contribution in [0.3, 0.4) is 0 Å². The molecule has 3 aromatic heterocycles. The highest BCUT2D eigenvalue weighted by molar-refractivity contribution is 7.98. The van der Waals surface area contributed by atoms with Gasteiger partial charge in [0.1, 0.15) is 10.8 Å². The number of nitrogens with zero attached hydrogens (tertiary/aromatic N) is 4. The quantitative estimate of drug-likeness (QED) is 0.453. The number of rotatable bonds is 6. The first-order valence-electron chi connectivity index (χ1n) is 7.77. The first-order chi connectivity index (χ1) is 12.8. The van der Waals surface area contributed by atoms with Gasteiger partial charge in [-0.2, -0.15) is 0 Å². The van der Waals surface area contributed by atoms with Crippen LogP contribution in [0.2, 0.25) is 0 Å². The molecule has 0 aliphatic rings. The minimum Gasteiger partial charge on any atom is -0.497 e. The topological polar surface area (TPSA) is 73.9 Å². The standard InChI is InChI=1S/C18H14N4O2S2/c1-23-15-4-2-13(3-5-15)17-20-14(10-25-17)11-26-18-22-21-16(24-18)12-6-8-19-9-7-12/h2-10H,11H2,1H3. The second-order valence-electron chi connectivity index (χ2n) is 5.27. The molecule has 0 N–H and O–H groups in total. The van der Waals surface area contributed by atoms with E-state index in [0.717, 1.165) is 27.6 Å². The number of thioether (sulfide) groups is 1. The number of hydrogen-bond acceptors (Lipinski definition) is 8. The molecular formula is C18H14N4O2S2. The van der Waals surface area contributed by atoms with Crippen molar-refractivity contribution < 1.29 is 9.15 Å². The molecule has 4 rings (SSSR count). The molecule has 130 valence electrons. The van der Waals surface area contributed by atoms with Gasteiger partial charge in [-0.3, -0.25) is 4.98 Å². The van der Waals surface area contributed by atoms with E-state index >= 15 is 0 Å². The van der Waals surface area contributed by atoms with E-state index in [2.05, 4.69) is 20.2 Å². The molecule has 0 aliphatic heterocycles. The van der Waals surface area contributed by atoms with Crippen LogP contribution >= 0.6 is 23.1 Å². The number of ether oxygens (including phenoxy) is 1. The minimum atomic E-state index is 0.493. The minimum absolute atomic E-state index is 0.493. The monoisotopic (exact) mass is 382 g/mol. The summed E-state index contributed by atoms with van der Waals surface area (Å²) in [6.45, 7) is 0. The van der Waals surface area contributed by atoms with Crippen LogP contribution in [0.25, 0.3) is 22.0 Å². The van der Waals surface area contributed by atoms with Crippen molar-refractivity contribution in [3.63, 3.8) is 0 Å². The molecule has 3 heterocycles. The number of thiazole rings is 1. The average Bonchev–Trinajstić information content (AvgIpc) is 3.37. The van der Waals surface area contributed by atoms with E-state index in [9.17, 15) is 0 Å². The molecule has 0 spiro atoms. The van der Waals surface area contributed by atoms with Crippen molar-refractivity contribution in [1.82, 2.24) is 20.2 Å². The third-order valence-corrected chi connectivity index (χ3v) is 5.36. The summed E-state index contributed by atoms with van der Waals surface area (Å²) in [5, 5.41) is 11.7. The predicted molar refractivity (Wildman–Crippen MR) is 101 cm³/mol. The molecular weight excluding hydrogens is 368 g/mol. The molecule has 26 heavy (non-hydrogen) atoms. The summed E-state index contributed by atoms with van der Waals surface area (Å²) in [6, 6.07) is 11.6. The third-order valence-electron chi connectivity index (χ3n) is 3.57. The second-order valence-corrected chi connectivity index (χ2v) is 7.05. The van der Waals surface area contributed by atoms with Crippen molar-refractivity contribution in [2.45, 2.75) is 11.0 Å². The number of benzene rings is 1. The van der Waals surface area contributed by atoms with Gasteiger partial charge in [-0.1, -0.05) is 11.8 Å². The van der Waals surface area contributed by atoms with Crippen LogP contribution in [0.1, 0.15) is 5.69 Å². The molecule has 0 saturated heterocycles. The van der Waals surface area contributed by atoms with Gasteiger partial charge in [0.15, 0.2) is 0 Å².